The van der Waals surface area contributed by atoms with E-state index in [4.69, 9.17) is 0 Å². The van der Waals surface area contributed by atoms with E-state index in [1.807, 2.05) is 6.20 Å². The lowest BCUT2D eigenvalue weighted by Gasteiger charge is -2.27. The fraction of sp³-hybridized carbons (Fsp3) is 0.722. The highest BCUT2D eigenvalue weighted by Crippen LogP contribution is 2.39. The van der Waals surface area contributed by atoms with Crippen molar-refractivity contribution in [2.75, 3.05) is 24.5 Å². The molecule has 0 saturated carbocycles. The van der Waals surface area contributed by atoms with Crippen LogP contribution in [0.3, 0.4) is 0 Å². The van der Waals surface area contributed by atoms with Crippen molar-refractivity contribution in [3.63, 3.8) is 0 Å². The SMILES string of the molecule is CCC1(CC)CCN(c2ncccc2CNCC(C)C)C1. The van der Waals surface area contributed by atoms with Crippen LogP contribution in [0.4, 0.5) is 5.82 Å². The van der Waals surface area contributed by atoms with Gasteiger partial charge in [-0.2, -0.15) is 0 Å². The molecule has 0 radical (unpaired) electrons. The van der Waals surface area contributed by atoms with Gasteiger partial charge in [0.15, 0.2) is 0 Å². The highest BCUT2D eigenvalue weighted by Gasteiger charge is 2.35. The summed E-state index contributed by atoms with van der Waals surface area (Å²) in [5.41, 5.74) is 1.83. The number of hydrogen-bond donors (Lipinski definition) is 1. The Labute approximate surface area is 130 Å². The first-order valence-electron chi connectivity index (χ1n) is 8.50. The second-order valence-electron chi connectivity index (χ2n) is 6.89. The van der Waals surface area contributed by atoms with Gasteiger partial charge in [-0.1, -0.05) is 33.8 Å². The Kier molecular flexibility index (Phi) is 5.63. The molecule has 0 spiro atoms. The van der Waals surface area contributed by atoms with Gasteiger partial charge in [-0.15, -0.1) is 0 Å². The first kappa shape index (κ1) is 16.3. The predicted molar refractivity (Wildman–Crippen MR) is 90.6 cm³/mol. The first-order chi connectivity index (χ1) is 10.1. The Hall–Kier alpha value is -1.09. The van der Waals surface area contributed by atoms with Crippen molar-refractivity contribution in [3.05, 3.63) is 23.9 Å². The molecule has 118 valence electrons. The van der Waals surface area contributed by atoms with E-state index in [2.05, 4.69) is 55.0 Å². The van der Waals surface area contributed by atoms with Crippen LogP contribution in [-0.4, -0.2) is 24.6 Å². The minimum Gasteiger partial charge on any atom is -0.356 e. The zero-order valence-corrected chi connectivity index (χ0v) is 14.2. The molecule has 1 N–H and O–H groups in total. The number of hydrogen-bond acceptors (Lipinski definition) is 3. The maximum absolute atomic E-state index is 4.68. The highest BCUT2D eigenvalue weighted by atomic mass is 15.2. The second-order valence-corrected chi connectivity index (χ2v) is 6.89. The van der Waals surface area contributed by atoms with Gasteiger partial charge in [0.1, 0.15) is 5.82 Å². The van der Waals surface area contributed by atoms with E-state index in [1.54, 1.807) is 0 Å². The molecule has 21 heavy (non-hydrogen) atoms. The van der Waals surface area contributed by atoms with Gasteiger partial charge in [0.05, 0.1) is 0 Å². The van der Waals surface area contributed by atoms with Gasteiger partial charge in [0.2, 0.25) is 0 Å². The maximum Gasteiger partial charge on any atom is 0.133 e. The van der Waals surface area contributed by atoms with Crippen LogP contribution in [0.5, 0.6) is 0 Å². The Bertz CT molecular complexity index is 438. The van der Waals surface area contributed by atoms with Gasteiger partial charge in [-0.25, -0.2) is 4.98 Å². The van der Waals surface area contributed by atoms with Crippen molar-refractivity contribution in [1.29, 1.82) is 0 Å². The first-order valence-corrected chi connectivity index (χ1v) is 8.50. The van der Waals surface area contributed by atoms with E-state index in [0.29, 0.717) is 11.3 Å². The smallest absolute Gasteiger partial charge is 0.133 e. The number of pyridine rings is 1. The van der Waals surface area contributed by atoms with Crippen LogP contribution in [0.25, 0.3) is 0 Å². The highest BCUT2D eigenvalue weighted by molar-refractivity contribution is 5.48. The summed E-state index contributed by atoms with van der Waals surface area (Å²) in [4.78, 5) is 7.18. The molecule has 0 bridgehead atoms. The van der Waals surface area contributed by atoms with Gasteiger partial charge in [0, 0.05) is 31.4 Å². The molecule has 3 heteroatoms. The van der Waals surface area contributed by atoms with E-state index in [1.165, 1.54) is 30.6 Å². The lowest BCUT2D eigenvalue weighted by atomic mass is 9.82. The van der Waals surface area contributed by atoms with E-state index >= 15 is 0 Å². The molecule has 0 aromatic carbocycles. The van der Waals surface area contributed by atoms with Crippen molar-refractivity contribution >= 4 is 5.82 Å². The van der Waals surface area contributed by atoms with Crippen LogP contribution in [0.15, 0.2) is 18.3 Å². The maximum atomic E-state index is 4.68. The van der Waals surface area contributed by atoms with Gasteiger partial charge < -0.3 is 10.2 Å². The fourth-order valence-electron chi connectivity index (χ4n) is 3.29. The molecule has 3 nitrogen and oxygen atoms in total. The van der Waals surface area contributed by atoms with E-state index in [0.717, 1.165) is 26.2 Å². The number of rotatable bonds is 7. The van der Waals surface area contributed by atoms with Crippen molar-refractivity contribution in [2.45, 2.75) is 53.5 Å². The van der Waals surface area contributed by atoms with Gasteiger partial charge >= 0.3 is 0 Å². The molecule has 1 aromatic rings. The fourth-order valence-corrected chi connectivity index (χ4v) is 3.29. The minimum absolute atomic E-state index is 0.500. The Balaban J connectivity index is 2.06. The van der Waals surface area contributed by atoms with Crippen LogP contribution in [0.1, 0.15) is 52.5 Å². The van der Waals surface area contributed by atoms with Crippen LogP contribution in [0, 0.1) is 11.3 Å². The molecule has 1 saturated heterocycles. The third-order valence-electron chi connectivity index (χ3n) is 4.97. The van der Waals surface area contributed by atoms with E-state index < -0.39 is 0 Å². The lowest BCUT2D eigenvalue weighted by Crippen LogP contribution is -2.28. The molecule has 2 rings (SSSR count). The molecule has 2 heterocycles. The van der Waals surface area contributed by atoms with Crippen molar-refractivity contribution in [3.8, 4) is 0 Å². The van der Waals surface area contributed by atoms with Crippen LogP contribution in [0.2, 0.25) is 0 Å². The molecule has 1 aliphatic heterocycles. The Morgan fingerprint density at radius 2 is 2.10 bits per heavy atom. The number of anilines is 1. The topological polar surface area (TPSA) is 28.2 Å². The summed E-state index contributed by atoms with van der Waals surface area (Å²) in [5.74, 6) is 1.88. The molecule has 0 atom stereocenters. The summed E-state index contributed by atoms with van der Waals surface area (Å²) < 4.78 is 0. The van der Waals surface area contributed by atoms with Crippen LogP contribution < -0.4 is 10.2 Å². The summed E-state index contributed by atoms with van der Waals surface area (Å²) >= 11 is 0. The third-order valence-corrected chi connectivity index (χ3v) is 4.97. The van der Waals surface area contributed by atoms with Crippen molar-refractivity contribution in [2.24, 2.45) is 11.3 Å². The summed E-state index contributed by atoms with van der Waals surface area (Å²) in [6.07, 6.45) is 5.77. The number of aromatic nitrogens is 1. The standard InChI is InChI=1S/C18H31N3/c1-5-18(6-2)9-11-21(14-18)17-16(8-7-10-20-17)13-19-12-15(3)4/h7-8,10,15,19H,5-6,9,11-14H2,1-4H3. The zero-order chi connectivity index (χ0) is 15.3. The summed E-state index contributed by atoms with van der Waals surface area (Å²) in [7, 11) is 0. The zero-order valence-electron chi connectivity index (χ0n) is 14.2. The Morgan fingerprint density at radius 3 is 2.71 bits per heavy atom. The molecular formula is C18H31N3. The van der Waals surface area contributed by atoms with Gasteiger partial charge in [-0.05, 0) is 43.2 Å². The number of nitrogens with zero attached hydrogens (tertiary/aromatic N) is 2. The quantitative estimate of drug-likeness (QED) is 0.826. The predicted octanol–water partition coefficient (Wildman–Crippen LogP) is 3.84. The molecule has 0 amide bonds. The number of nitrogens with one attached hydrogen (secondary N) is 1. The molecule has 0 unspecified atom stereocenters. The van der Waals surface area contributed by atoms with Crippen LogP contribution >= 0.6 is 0 Å². The summed E-state index contributed by atoms with van der Waals surface area (Å²) in [5, 5.41) is 3.55. The molecule has 1 fully saturated rings. The summed E-state index contributed by atoms with van der Waals surface area (Å²) in [6.45, 7) is 13.4. The third kappa shape index (κ3) is 3.97. The average molecular weight is 289 g/mol. The summed E-state index contributed by atoms with van der Waals surface area (Å²) in [6, 6.07) is 4.27. The van der Waals surface area contributed by atoms with Crippen molar-refractivity contribution < 1.29 is 0 Å². The van der Waals surface area contributed by atoms with Gasteiger partial charge in [0.25, 0.3) is 0 Å². The molecular weight excluding hydrogens is 258 g/mol. The molecule has 0 aliphatic carbocycles. The lowest BCUT2D eigenvalue weighted by molar-refractivity contribution is 0.301. The average Bonchev–Trinajstić information content (AvgIpc) is 2.92. The minimum atomic E-state index is 0.500. The van der Waals surface area contributed by atoms with Gasteiger partial charge in [-0.3, -0.25) is 0 Å². The van der Waals surface area contributed by atoms with Crippen molar-refractivity contribution in [1.82, 2.24) is 10.3 Å². The second kappa shape index (κ2) is 7.26. The largest absolute Gasteiger partial charge is 0.356 e. The normalized spacial score (nSPS) is 17.7. The molecule has 1 aliphatic rings. The van der Waals surface area contributed by atoms with E-state index in [-0.39, 0.29) is 0 Å². The van der Waals surface area contributed by atoms with Crippen LogP contribution in [-0.2, 0) is 6.54 Å². The Morgan fingerprint density at radius 1 is 1.33 bits per heavy atom. The monoisotopic (exact) mass is 289 g/mol. The van der Waals surface area contributed by atoms with E-state index in [9.17, 15) is 0 Å². The molecule has 1 aromatic heterocycles.